The van der Waals surface area contributed by atoms with Gasteiger partial charge in [0.15, 0.2) is 11.5 Å². The van der Waals surface area contributed by atoms with Crippen molar-refractivity contribution in [1.29, 1.82) is 0 Å². The van der Waals surface area contributed by atoms with Crippen molar-refractivity contribution < 1.29 is 33.4 Å². The van der Waals surface area contributed by atoms with Gasteiger partial charge in [-0.25, -0.2) is 4.68 Å². The lowest BCUT2D eigenvalue weighted by Gasteiger charge is -2.33. The highest BCUT2D eigenvalue weighted by molar-refractivity contribution is 7.54. The maximum Gasteiger partial charge on any atom is 0.362 e. The van der Waals surface area contributed by atoms with Crippen molar-refractivity contribution >= 4 is 13.5 Å². The summed E-state index contributed by atoms with van der Waals surface area (Å²) >= 11 is 0. The Morgan fingerprint density at radius 1 is 1.27 bits per heavy atom. The number of methoxy groups -OCH3 is 1. The smallest absolute Gasteiger partial charge is 0.362 e. The summed E-state index contributed by atoms with van der Waals surface area (Å²) in [4.78, 5) is 11.0. The molecule has 12 heteroatoms. The number of nitrogens with two attached hydrogens (primary N) is 1. The third-order valence-corrected chi connectivity index (χ3v) is 5.69. The summed E-state index contributed by atoms with van der Waals surface area (Å²) in [5, 5.41) is 27.9. The van der Waals surface area contributed by atoms with E-state index in [-0.39, 0.29) is 12.2 Å². The molecule has 150 valence electrons. The molecular formula is C14H27N4O7P. The molecular weight excluding hydrogens is 367 g/mol. The van der Waals surface area contributed by atoms with Gasteiger partial charge in [-0.2, -0.15) is 0 Å². The third kappa shape index (κ3) is 6.11. The molecule has 0 unspecified atom stereocenters. The molecule has 26 heavy (non-hydrogen) atoms. The summed E-state index contributed by atoms with van der Waals surface area (Å²) in [5.41, 5.74) is 4.99. The van der Waals surface area contributed by atoms with Crippen molar-refractivity contribution in [3.05, 3.63) is 11.9 Å². The molecule has 0 fully saturated rings. The second-order valence-electron chi connectivity index (χ2n) is 6.22. The van der Waals surface area contributed by atoms with Crippen molar-refractivity contribution in [2.45, 2.75) is 64.5 Å². The summed E-state index contributed by atoms with van der Waals surface area (Å²) in [6.45, 7) is 6.39. The normalized spacial score (nSPS) is 16.0. The van der Waals surface area contributed by atoms with E-state index in [1.165, 1.54) is 13.3 Å². The molecule has 1 heterocycles. The van der Waals surface area contributed by atoms with Gasteiger partial charge in [-0.15, -0.1) is 5.10 Å². The van der Waals surface area contributed by atoms with Gasteiger partial charge in [0.2, 0.25) is 0 Å². The van der Waals surface area contributed by atoms with Crippen LogP contribution >= 0.6 is 7.60 Å². The Labute approximate surface area is 151 Å². The number of aromatic nitrogens is 3. The van der Waals surface area contributed by atoms with Gasteiger partial charge in [-0.1, -0.05) is 5.21 Å². The lowest BCUT2D eigenvalue weighted by molar-refractivity contribution is -0.0640. The Kier molecular flexibility index (Phi) is 8.32. The molecule has 0 saturated heterocycles. The number of carbonyl (C=O) groups is 1. The molecule has 0 aliphatic carbocycles. The van der Waals surface area contributed by atoms with Gasteiger partial charge in [0.1, 0.15) is 12.2 Å². The standard InChI is InChI=1S/C14H27N4O7P/c1-8(2)24-26(22,25-9(3)4)14(23-5)12(20)11(19)7-18-6-10(13(15)21)16-17-18/h6,8-9,11-12,14,19-20H,7H2,1-5H3,(H2,15,21)/t11-,12+,14+/m0/s1. The van der Waals surface area contributed by atoms with Crippen LogP contribution in [0.1, 0.15) is 38.2 Å². The molecule has 0 aromatic carbocycles. The number of nitrogens with zero attached hydrogens (tertiary/aromatic N) is 3. The highest BCUT2D eigenvalue weighted by atomic mass is 31.2. The molecule has 0 radical (unpaired) electrons. The van der Waals surface area contributed by atoms with E-state index in [1.54, 1.807) is 27.7 Å². The molecule has 3 atom stereocenters. The number of primary amides is 1. The molecule has 11 nitrogen and oxygen atoms in total. The van der Waals surface area contributed by atoms with Crippen molar-refractivity contribution in [1.82, 2.24) is 15.0 Å². The highest BCUT2D eigenvalue weighted by Gasteiger charge is 2.45. The van der Waals surface area contributed by atoms with Crippen molar-refractivity contribution in [3.63, 3.8) is 0 Å². The number of amides is 1. The molecule has 1 aromatic heterocycles. The fourth-order valence-corrected chi connectivity index (χ4v) is 4.47. The second-order valence-corrected chi connectivity index (χ2v) is 8.23. The van der Waals surface area contributed by atoms with Gasteiger partial charge in [0, 0.05) is 7.11 Å². The lowest BCUT2D eigenvalue weighted by Crippen LogP contribution is -2.42. The number of hydrogen-bond acceptors (Lipinski definition) is 9. The second kappa shape index (κ2) is 9.54. The Morgan fingerprint density at radius 3 is 2.19 bits per heavy atom. The highest BCUT2D eigenvalue weighted by Crippen LogP contribution is 2.56. The maximum atomic E-state index is 13.1. The topological polar surface area (TPSA) is 159 Å². The molecule has 0 bridgehead atoms. The third-order valence-electron chi connectivity index (χ3n) is 3.12. The van der Waals surface area contributed by atoms with Crippen molar-refractivity contribution in [2.75, 3.05) is 7.11 Å². The Morgan fingerprint density at radius 2 is 1.81 bits per heavy atom. The van der Waals surface area contributed by atoms with Crippen LogP contribution in [0, 0.1) is 0 Å². The summed E-state index contributed by atoms with van der Waals surface area (Å²) in [6, 6.07) is 0. The minimum absolute atomic E-state index is 0.0908. The molecule has 0 aliphatic rings. The number of hydrogen-bond donors (Lipinski definition) is 3. The van der Waals surface area contributed by atoms with Crippen LogP contribution in [0.15, 0.2) is 6.20 Å². The fourth-order valence-electron chi connectivity index (χ4n) is 2.18. The largest absolute Gasteiger partial charge is 0.388 e. The molecule has 1 amide bonds. The average molecular weight is 394 g/mol. The van der Waals surface area contributed by atoms with Gasteiger partial charge in [-0.3, -0.25) is 9.36 Å². The lowest BCUT2D eigenvalue weighted by atomic mass is 10.2. The molecule has 0 spiro atoms. The zero-order valence-electron chi connectivity index (χ0n) is 15.5. The number of aliphatic hydroxyl groups excluding tert-OH is 2. The van der Waals surface area contributed by atoms with Crippen molar-refractivity contribution in [2.24, 2.45) is 5.73 Å². The van der Waals surface area contributed by atoms with Crippen LogP contribution < -0.4 is 5.73 Å². The fraction of sp³-hybridized carbons (Fsp3) is 0.786. The molecule has 1 aromatic rings. The predicted molar refractivity (Wildman–Crippen MR) is 91.4 cm³/mol. The predicted octanol–water partition coefficient (Wildman–Crippen LogP) is 0.114. The van der Waals surface area contributed by atoms with Crippen LogP contribution in [0.3, 0.4) is 0 Å². The van der Waals surface area contributed by atoms with Crippen LogP contribution in [-0.4, -0.2) is 68.5 Å². The van der Waals surface area contributed by atoms with E-state index in [0.29, 0.717) is 0 Å². The zero-order chi connectivity index (χ0) is 20.1. The van der Waals surface area contributed by atoms with Gasteiger partial charge in [0.25, 0.3) is 5.91 Å². The van der Waals surface area contributed by atoms with Crippen LogP contribution in [0.4, 0.5) is 0 Å². The first-order valence-corrected chi connectivity index (χ1v) is 9.66. The summed E-state index contributed by atoms with van der Waals surface area (Å²) in [5.74, 6) is -2.21. The van der Waals surface area contributed by atoms with Gasteiger partial charge < -0.3 is 29.7 Å². The first-order chi connectivity index (χ1) is 12.0. The summed E-state index contributed by atoms with van der Waals surface area (Å²) in [7, 11) is -2.70. The monoisotopic (exact) mass is 394 g/mol. The number of aliphatic hydroxyl groups is 2. The molecule has 0 aliphatic heterocycles. The van der Waals surface area contributed by atoms with E-state index < -0.39 is 43.8 Å². The molecule has 4 N–H and O–H groups in total. The van der Waals surface area contributed by atoms with Gasteiger partial charge in [0.05, 0.1) is 24.9 Å². The van der Waals surface area contributed by atoms with E-state index in [9.17, 15) is 19.6 Å². The number of ether oxygens (including phenoxy) is 1. The number of carbonyl (C=O) groups excluding carboxylic acids is 1. The molecule has 0 saturated carbocycles. The minimum Gasteiger partial charge on any atom is -0.388 e. The molecule has 1 rings (SSSR count). The first-order valence-electron chi connectivity index (χ1n) is 8.05. The van der Waals surface area contributed by atoms with E-state index in [0.717, 1.165) is 4.68 Å². The quantitative estimate of drug-likeness (QED) is 0.443. The van der Waals surface area contributed by atoms with Crippen molar-refractivity contribution in [3.8, 4) is 0 Å². The summed E-state index contributed by atoms with van der Waals surface area (Å²) in [6.07, 6.45) is -2.79. The van der Waals surface area contributed by atoms with E-state index >= 15 is 0 Å². The van der Waals surface area contributed by atoms with E-state index in [2.05, 4.69) is 10.3 Å². The Hall–Kier alpha value is -1.36. The van der Waals surface area contributed by atoms with Gasteiger partial charge >= 0.3 is 7.60 Å². The average Bonchev–Trinajstić information content (AvgIpc) is 2.94. The zero-order valence-corrected chi connectivity index (χ0v) is 16.4. The van der Waals surface area contributed by atoms with Crippen LogP contribution in [-0.2, 0) is 24.9 Å². The first kappa shape index (κ1) is 22.7. The van der Waals surface area contributed by atoms with E-state index in [1.807, 2.05) is 0 Å². The van der Waals surface area contributed by atoms with Crippen LogP contribution in [0.2, 0.25) is 0 Å². The minimum atomic E-state index is -3.92. The van der Waals surface area contributed by atoms with Gasteiger partial charge in [-0.05, 0) is 27.7 Å². The van der Waals surface area contributed by atoms with Crippen LogP contribution in [0.25, 0.3) is 0 Å². The Bertz CT molecular complexity index is 623. The Balaban J connectivity index is 2.97. The maximum absolute atomic E-state index is 13.1. The SMILES string of the molecule is CO[C@@H]([C@H](O)[C@@H](O)Cn1cc(C(N)=O)nn1)P(=O)(OC(C)C)OC(C)C. The summed E-state index contributed by atoms with van der Waals surface area (Å²) < 4.78 is 30.2. The van der Waals surface area contributed by atoms with Crippen LogP contribution in [0.5, 0.6) is 0 Å². The van der Waals surface area contributed by atoms with E-state index in [4.69, 9.17) is 19.5 Å². The number of rotatable bonds is 11.